The third-order valence-electron chi connectivity index (χ3n) is 5.70. The Hall–Kier alpha value is -1.97. The van der Waals surface area contributed by atoms with Gasteiger partial charge < -0.3 is 10.1 Å². The number of hydrogen-bond donors (Lipinski definition) is 1. The first-order chi connectivity index (χ1) is 15.7. The van der Waals surface area contributed by atoms with Crippen molar-refractivity contribution in [1.29, 1.82) is 0 Å². The number of carbonyl (C=O) groups is 1. The fourth-order valence-corrected chi connectivity index (χ4v) is 5.65. The minimum Gasteiger partial charge on any atom is -0.376 e. The van der Waals surface area contributed by atoms with Crippen LogP contribution in [0.4, 0.5) is 0 Å². The molecule has 0 aromatic heterocycles. The monoisotopic (exact) mass is 493 g/mol. The average molecular weight is 494 g/mol. The van der Waals surface area contributed by atoms with Crippen LogP contribution in [0.3, 0.4) is 0 Å². The number of nitrogens with zero attached hydrogens (tertiary/aromatic N) is 2. The van der Waals surface area contributed by atoms with Crippen molar-refractivity contribution in [3.05, 3.63) is 64.2 Å². The molecule has 2 aromatic carbocycles. The van der Waals surface area contributed by atoms with Crippen molar-refractivity contribution in [3.63, 3.8) is 0 Å². The average Bonchev–Trinajstić information content (AvgIpc) is 2.78. The van der Waals surface area contributed by atoms with E-state index in [9.17, 15) is 13.2 Å². The van der Waals surface area contributed by atoms with Gasteiger partial charge in [-0.3, -0.25) is 9.69 Å². The lowest BCUT2D eigenvalue weighted by atomic mass is 10.1. The smallest absolute Gasteiger partial charge is 0.253 e. The Bertz CT molecular complexity index is 1070. The van der Waals surface area contributed by atoms with E-state index in [2.05, 4.69) is 29.3 Å². The van der Waals surface area contributed by atoms with Crippen LogP contribution in [0.1, 0.15) is 42.3 Å². The number of sulfonamides is 1. The van der Waals surface area contributed by atoms with E-state index in [0.717, 1.165) is 31.8 Å². The van der Waals surface area contributed by atoms with E-state index in [0.29, 0.717) is 19.6 Å². The topological polar surface area (TPSA) is 79.0 Å². The number of benzene rings is 2. The van der Waals surface area contributed by atoms with Crippen molar-refractivity contribution in [3.8, 4) is 0 Å². The molecule has 7 nitrogen and oxygen atoms in total. The highest BCUT2D eigenvalue weighted by Crippen LogP contribution is 2.23. The molecule has 33 heavy (non-hydrogen) atoms. The Labute approximate surface area is 201 Å². The van der Waals surface area contributed by atoms with Crippen molar-refractivity contribution >= 4 is 27.5 Å². The number of amides is 1. The van der Waals surface area contributed by atoms with Gasteiger partial charge in [0, 0.05) is 39.3 Å². The molecule has 1 fully saturated rings. The van der Waals surface area contributed by atoms with Gasteiger partial charge in [0.15, 0.2) is 0 Å². The van der Waals surface area contributed by atoms with E-state index >= 15 is 0 Å². The third kappa shape index (κ3) is 6.55. The van der Waals surface area contributed by atoms with E-state index in [1.165, 1.54) is 28.1 Å². The van der Waals surface area contributed by atoms with Gasteiger partial charge in [0.1, 0.15) is 0 Å². The molecule has 1 heterocycles. The van der Waals surface area contributed by atoms with Gasteiger partial charge in [0.05, 0.1) is 28.2 Å². The van der Waals surface area contributed by atoms with E-state index in [1.54, 1.807) is 13.8 Å². The highest BCUT2D eigenvalue weighted by atomic mass is 35.5. The molecule has 1 unspecified atom stereocenters. The van der Waals surface area contributed by atoms with Crippen LogP contribution in [0, 0.1) is 0 Å². The largest absolute Gasteiger partial charge is 0.376 e. The summed E-state index contributed by atoms with van der Waals surface area (Å²) >= 11 is 6.23. The van der Waals surface area contributed by atoms with Crippen molar-refractivity contribution < 1.29 is 17.9 Å². The zero-order valence-corrected chi connectivity index (χ0v) is 21.0. The van der Waals surface area contributed by atoms with Crippen molar-refractivity contribution in [2.45, 2.75) is 44.9 Å². The van der Waals surface area contributed by atoms with Crippen LogP contribution in [0.15, 0.2) is 47.4 Å². The third-order valence-corrected chi connectivity index (χ3v) is 8.08. The predicted octanol–water partition coefficient (Wildman–Crippen LogP) is 3.52. The number of halogens is 1. The Morgan fingerprint density at radius 1 is 1.18 bits per heavy atom. The fourth-order valence-electron chi connectivity index (χ4n) is 3.96. The second-order valence-corrected chi connectivity index (χ2v) is 10.5. The molecular formula is C24H32ClN3O4S. The molecule has 0 radical (unpaired) electrons. The highest BCUT2D eigenvalue weighted by molar-refractivity contribution is 7.89. The predicted molar refractivity (Wildman–Crippen MR) is 130 cm³/mol. The summed E-state index contributed by atoms with van der Waals surface area (Å²) < 4.78 is 32.6. The summed E-state index contributed by atoms with van der Waals surface area (Å²) in [5.41, 5.74) is 2.27. The lowest BCUT2D eigenvalue weighted by molar-refractivity contribution is -0.0212. The number of rotatable bonds is 9. The molecule has 3 rings (SSSR count). The molecule has 0 bridgehead atoms. The van der Waals surface area contributed by atoms with Crippen molar-refractivity contribution in [2.24, 2.45) is 0 Å². The van der Waals surface area contributed by atoms with E-state index in [4.69, 9.17) is 16.3 Å². The molecule has 1 aliphatic rings. The number of ether oxygens (including phenoxy) is 1. The first-order valence-corrected chi connectivity index (χ1v) is 13.1. The number of nitrogens with one attached hydrogen (secondary N) is 1. The molecular weight excluding hydrogens is 462 g/mol. The fraction of sp³-hybridized carbons (Fsp3) is 0.458. The van der Waals surface area contributed by atoms with Crippen molar-refractivity contribution in [1.82, 2.24) is 14.5 Å². The van der Waals surface area contributed by atoms with Gasteiger partial charge in [-0.15, -0.1) is 0 Å². The van der Waals surface area contributed by atoms with Crippen LogP contribution in [-0.2, 0) is 27.8 Å². The first kappa shape index (κ1) is 25.6. The lowest BCUT2D eigenvalue weighted by Crippen LogP contribution is -2.40. The summed E-state index contributed by atoms with van der Waals surface area (Å²) in [6.07, 6.45) is 0.229. The first-order valence-electron chi connectivity index (χ1n) is 11.2. The summed E-state index contributed by atoms with van der Waals surface area (Å²) in [5, 5.41) is 3.07. The Kier molecular flexibility index (Phi) is 8.89. The molecule has 1 amide bonds. The van der Waals surface area contributed by atoms with Crippen LogP contribution in [-0.4, -0.2) is 62.4 Å². The molecule has 180 valence electrons. The molecule has 0 spiro atoms. The molecule has 1 saturated heterocycles. The number of carbonyl (C=O) groups excluding carboxylic acids is 1. The van der Waals surface area contributed by atoms with Crippen LogP contribution < -0.4 is 5.32 Å². The quantitative estimate of drug-likeness (QED) is 0.578. The SMILES string of the molecule is CCN(CC)S(=O)(=O)c1ccc(Cl)c(C(=O)NCc2cccc(CN3CCOC(C)C3)c2)c1. The molecule has 1 N–H and O–H groups in total. The molecule has 9 heteroatoms. The minimum atomic E-state index is -3.68. The van der Waals surface area contributed by atoms with E-state index in [1.807, 2.05) is 12.1 Å². The van der Waals surface area contributed by atoms with Gasteiger partial charge in [-0.25, -0.2) is 8.42 Å². The molecule has 0 aliphatic carbocycles. The maximum absolute atomic E-state index is 12.8. The summed E-state index contributed by atoms with van der Waals surface area (Å²) in [6, 6.07) is 12.3. The van der Waals surface area contributed by atoms with E-state index < -0.39 is 15.9 Å². The van der Waals surface area contributed by atoms with Gasteiger partial charge in [-0.05, 0) is 36.2 Å². The summed E-state index contributed by atoms with van der Waals surface area (Å²) in [6.45, 7) is 10.00. The second kappa shape index (κ2) is 11.4. The van der Waals surface area contributed by atoms with Gasteiger partial charge in [-0.2, -0.15) is 4.31 Å². The maximum Gasteiger partial charge on any atom is 0.253 e. The number of hydrogen-bond acceptors (Lipinski definition) is 5. The van der Waals surface area contributed by atoms with Gasteiger partial charge in [0.25, 0.3) is 5.91 Å². The van der Waals surface area contributed by atoms with Crippen molar-refractivity contribution in [2.75, 3.05) is 32.8 Å². The van der Waals surface area contributed by atoms with Crippen LogP contribution >= 0.6 is 11.6 Å². The molecule has 1 atom stereocenters. The van der Waals surface area contributed by atoms with Gasteiger partial charge in [0.2, 0.25) is 10.0 Å². The van der Waals surface area contributed by atoms with Crippen LogP contribution in [0.25, 0.3) is 0 Å². The highest BCUT2D eigenvalue weighted by Gasteiger charge is 2.24. The number of morpholine rings is 1. The summed E-state index contributed by atoms with van der Waals surface area (Å²) in [4.78, 5) is 15.3. The van der Waals surface area contributed by atoms with Crippen LogP contribution in [0.5, 0.6) is 0 Å². The van der Waals surface area contributed by atoms with Gasteiger partial charge in [-0.1, -0.05) is 49.7 Å². The van der Waals surface area contributed by atoms with Gasteiger partial charge >= 0.3 is 0 Å². The summed E-state index contributed by atoms with van der Waals surface area (Å²) in [7, 11) is -3.68. The summed E-state index contributed by atoms with van der Waals surface area (Å²) in [5.74, 6) is -0.413. The Morgan fingerprint density at radius 3 is 2.61 bits per heavy atom. The second-order valence-electron chi connectivity index (χ2n) is 8.15. The molecule has 0 saturated carbocycles. The maximum atomic E-state index is 12.8. The van der Waals surface area contributed by atoms with Crippen LogP contribution in [0.2, 0.25) is 5.02 Å². The zero-order chi connectivity index (χ0) is 24.0. The minimum absolute atomic E-state index is 0.0579. The molecule has 2 aromatic rings. The lowest BCUT2D eigenvalue weighted by Gasteiger charge is -2.31. The normalized spacial score (nSPS) is 17.3. The van der Waals surface area contributed by atoms with E-state index in [-0.39, 0.29) is 21.6 Å². The molecule has 1 aliphatic heterocycles. The Morgan fingerprint density at radius 2 is 1.91 bits per heavy atom. The zero-order valence-electron chi connectivity index (χ0n) is 19.4. The standard InChI is InChI=1S/C24H32ClN3O4S/c1-4-28(5-2)33(30,31)21-9-10-23(25)22(14-21)24(29)26-15-19-7-6-8-20(13-19)17-27-11-12-32-18(3)16-27/h6-10,13-14,18H,4-5,11-12,15-17H2,1-3H3,(H,26,29). The Balaban J connectivity index is 1.68.